The minimum atomic E-state index is -3.55. The fourth-order valence-electron chi connectivity index (χ4n) is 3.14. The first-order valence-corrected chi connectivity index (χ1v) is 11.0. The van der Waals surface area contributed by atoms with Crippen LogP contribution in [0.2, 0.25) is 0 Å². The summed E-state index contributed by atoms with van der Waals surface area (Å²) in [6.07, 6.45) is 1.62. The molecule has 0 saturated carbocycles. The lowest BCUT2D eigenvalue weighted by Gasteiger charge is -2.26. The van der Waals surface area contributed by atoms with Crippen LogP contribution in [0.3, 0.4) is 0 Å². The van der Waals surface area contributed by atoms with Gasteiger partial charge in [-0.15, -0.1) is 0 Å². The molecule has 1 N–H and O–H groups in total. The van der Waals surface area contributed by atoms with Gasteiger partial charge in [-0.25, -0.2) is 8.42 Å². The smallest absolute Gasteiger partial charge is 0.251 e. The van der Waals surface area contributed by atoms with E-state index < -0.39 is 10.0 Å². The fourth-order valence-corrected chi connectivity index (χ4v) is 4.55. The zero-order valence-corrected chi connectivity index (χ0v) is 17.3. The van der Waals surface area contributed by atoms with Gasteiger partial charge in [0.15, 0.2) is 0 Å². The van der Waals surface area contributed by atoms with E-state index in [2.05, 4.69) is 5.32 Å². The van der Waals surface area contributed by atoms with Gasteiger partial charge in [-0.3, -0.25) is 4.79 Å². The second-order valence-corrected chi connectivity index (χ2v) is 8.69. The van der Waals surface area contributed by atoms with E-state index in [1.807, 2.05) is 24.3 Å². The highest BCUT2D eigenvalue weighted by molar-refractivity contribution is 7.89. The van der Waals surface area contributed by atoms with Crippen molar-refractivity contribution < 1.29 is 22.7 Å². The van der Waals surface area contributed by atoms with Crippen LogP contribution in [-0.4, -0.2) is 58.6 Å². The van der Waals surface area contributed by atoms with Crippen molar-refractivity contribution in [1.29, 1.82) is 0 Å². The zero-order valence-electron chi connectivity index (χ0n) is 16.5. The van der Waals surface area contributed by atoms with Crippen LogP contribution in [0.1, 0.15) is 22.3 Å². The van der Waals surface area contributed by atoms with Gasteiger partial charge in [-0.1, -0.05) is 12.1 Å². The summed E-state index contributed by atoms with van der Waals surface area (Å²) >= 11 is 0. The van der Waals surface area contributed by atoms with Crippen molar-refractivity contribution in [3.05, 3.63) is 59.7 Å². The average molecular weight is 419 g/mol. The summed E-state index contributed by atoms with van der Waals surface area (Å²) in [6, 6.07) is 13.9. The van der Waals surface area contributed by atoms with Crippen molar-refractivity contribution >= 4 is 15.9 Å². The van der Waals surface area contributed by atoms with Gasteiger partial charge in [-0.2, -0.15) is 4.31 Å². The molecule has 1 aliphatic rings. The molecule has 1 amide bonds. The highest BCUT2D eigenvalue weighted by atomic mass is 32.2. The van der Waals surface area contributed by atoms with Crippen LogP contribution in [0.5, 0.6) is 5.75 Å². The van der Waals surface area contributed by atoms with Crippen molar-refractivity contribution in [2.24, 2.45) is 0 Å². The zero-order chi connectivity index (χ0) is 20.7. The molecular formula is C21H26N2O5S. The van der Waals surface area contributed by atoms with E-state index in [0.29, 0.717) is 38.4 Å². The van der Waals surface area contributed by atoms with Crippen LogP contribution < -0.4 is 10.1 Å². The van der Waals surface area contributed by atoms with Gasteiger partial charge in [0.1, 0.15) is 5.75 Å². The van der Waals surface area contributed by atoms with Crippen LogP contribution in [-0.2, 0) is 21.2 Å². The minimum absolute atomic E-state index is 0.189. The number of nitrogens with one attached hydrogen (secondary N) is 1. The molecule has 3 rings (SSSR count). The van der Waals surface area contributed by atoms with Gasteiger partial charge in [0.2, 0.25) is 10.0 Å². The molecule has 1 heterocycles. The second-order valence-electron chi connectivity index (χ2n) is 6.75. The van der Waals surface area contributed by atoms with Crippen LogP contribution in [0.25, 0.3) is 0 Å². The molecule has 0 spiro atoms. The lowest BCUT2D eigenvalue weighted by atomic mass is 10.1. The van der Waals surface area contributed by atoms with Crippen LogP contribution >= 0.6 is 0 Å². The van der Waals surface area contributed by atoms with Crippen molar-refractivity contribution in [1.82, 2.24) is 9.62 Å². The van der Waals surface area contributed by atoms with E-state index in [-0.39, 0.29) is 10.8 Å². The van der Waals surface area contributed by atoms with E-state index in [1.165, 1.54) is 16.4 Å². The maximum absolute atomic E-state index is 12.6. The van der Waals surface area contributed by atoms with E-state index in [9.17, 15) is 13.2 Å². The monoisotopic (exact) mass is 418 g/mol. The number of ether oxygens (including phenoxy) is 2. The third-order valence-corrected chi connectivity index (χ3v) is 6.70. The molecule has 8 heteroatoms. The number of hydrogen-bond donors (Lipinski definition) is 1. The first-order valence-electron chi connectivity index (χ1n) is 9.60. The number of carbonyl (C=O) groups is 1. The molecule has 0 atom stereocenters. The van der Waals surface area contributed by atoms with Crippen LogP contribution in [0.15, 0.2) is 53.4 Å². The molecule has 29 heavy (non-hydrogen) atoms. The van der Waals surface area contributed by atoms with Gasteiger partial charge in [0, 0.05) is 25.2 Å². The van der Waals surface area contributed by atoms with Gasteiger partial charge in [-0.05, 0) is 54.8 Å². The topological polar surface area (TPSA) is 84.9 Å². The van der Waals surface area contributed by atoms with Crippen LogP contribution in [0.4, 0.5) is 0 Å². The minimum Gasteiger partial charge on any atom is -0.497 e. The Hall–Kier alpha value is -2.42. The van der Waals surface area contributed by atoms with Crippen LogP contribution in [0, 0.1) is 0 Å². The molecule has 0 radical (unpaired) electrons. The molecule has 0 aromatic heterocycles. The van der Waals surface area contributed by atoms with E-state index in [1.54, 1.807) is 19.2 Å². The van der Waals surface area contributed by atoms with Gasteiger partial charge in [0.05, 0.1) is 25.2 Å². The molecule has 7 nitrogen and oxygen atoms in total. The number of methoxy groups -OCH3 is 1. The van der Waals surface area contributed by atoms with Gasteiger partial charge < -0.3 is 14.8 Å². The summed E-state index contributed by atoms with van der Waals surface area (Å²) in [5, 5.41) is 2.87. The third-order valence-electron chi connectivity index (χ3n) is 4.79. The van der Waals surface area contributed by atoms with Crippen molar-refractivity contribution in [3.8, 4) is 5.75 Å². The Morgan fingerprint density at radius 3 is 2.55 bits per heavy atom. The molecule has 2 aromatic rings. The molecule has 0 aliphatic carbocycles. The normalized spacial score (nSPS) is 15.1. The number of sulfonamides is 1. The number of rotatable bonds is 8. The van der Waals surface area contributed by atoms with Crippen molar-refractivity contribution in [3.63, 3.8) is 0 Å². The Labute approximate surface area is 171 Å². The first-order chi connectivity index (χ1) is 14.0. The summed E-state index contributed by atoms with van der Waals surface area (Å²) in [5.74, 6) is 0.601. The molecule has 1 aliphatic heterocycles. The number of carbonyl (C=O) groups excluding carboxylic acids is 1. The molecule has 0 unspecified atom stereocenters. The number of morpholine rings is 1. The van der Waals surface area contributed by atoms with Crippen molar-refractivity contribution in [2.45, 2.75) is 17.7 Å². The molecule has 1 saturated heterocycles. The molecule has 156 valence electrons. The lowest BCUT2D eigenvalue weighted by molar-refractivity contribution is 0.0730. The Morgan fingerprint density at radius 1 is 1.14 bits per heavy atom. The quantitative estimate of drug-likeness (QED) is 0.664. The predicted octanol–water partition coefficient (Wildman–Crippen LogP) is 2.08. The summed E-state index contributed by atoms with van der Waals surface area (Å²) in [4.78, 5) is 12.5. The van der Waals surface area contributed by atoms with E-state index in [0.717, 1.165) is 24.2 Å². The number of benzene rings is 2. The highest BCUT2D eigenvalue weighted by Gasteiger charge is 2.26. The number of nitrogens with zero attached hydrogens (tertiary/aromatic N) is 1. The molecule has 0 bridgehead atoms. The summed E-state index contributed by atoms with van der Waals surface area (Å²) < 4.78 is 37.1. The molecule has 2 aromatic carbocycles. The number of hydrogen-bond acceptors (Lipinski definition) is 5. The SMILES string of the molecule is COc1cccc(CCCNC(=O)c2ccc(S(=O)(=O)N3CCOCC3)cc2)c1. The lowest BCUT2D eigenvalue weighted by Crippen LogP contribution is -2.40. The summed E-state index contributed by atoms with van der Waals surface area (Å²) in [5.41, 5.74) is 1.59. The predicted molar refractivity (Wildman–Crippen MR) is 110 cm³/mol. The van der Waals surface area contributed by atoms with E-state index >= 15 is 0 Å². The molecular weight excluding hydrogens is 392 g/mol. The van der Waals surface area contributed by atoms with Crippen molar-refractivity contribution in [2.75, 3.05) is 40.0 Å². The Balaban J connectivity index is 1.51. The average Bonchev–Trinajstić information content (AvgIpc) is 2.77. The maximum Gasteiger partial charge on any atom is 0.251 e. The summed E-state index contributed by atoms with van der Waals surface area (Å²) in [6.45, 7) is 2.02. The standard InChI is InChI=1S/C21H26N2O5S/c1-27-19-6-2-4-17(16-19)5-3-11-22-21(24)18-7-9-20(10-8-18)29(25,26)23-12-14-28-15-13-23/h2,4,6-10,16H,3,5,11-15H2,1H3,(H,22,24). The first kappa shape index (κ1) is 21.3. The van der Waals surface area contributed by atoms with E-state index in [4.69, 9.17) is 9.47 Å². The molecule has 1 fully saturated rings. The summed E-state index contributed by atoms with van der Waals surface area (Å²) in [7, 11) is -1.91. The third kappa shape index (κ3) is 5.56. The Morgan fingerprint density at radius 2 is 1.86 bits per heavy atom. The highest BCUT2D eigenvalue weighted by Crippen LogP contribution is 2.18. The second kappa shape index (κ2) is 9.87. The van der Waals surface area contributed by atoms with Gasteiger partial charge >= 0.3 is 0 Å². The van der Waals surface area contributed by atoms with Gasteiger partial charge in [0.25, 0.3) is 5.91 Å². The fraction of sp³-hybridized carbons (Fsp3) is 0.381. The largest absolute Gasteiger partial charge is 0.497 e. The Kier molecular flexibility index (Phi) is 7.24. The maximum atomic E-state index is 12.6. The number of aryl methyl sites for hydroxylation is 1. The number of amides is 1. The Bertz CT molecular complexity index is 922.